The first kappa shape index (κ1) is 10.3. The number of rotatable bonds is 2. The largest absolute Gasteiger partial charge is 0.300 e. The van der Waals surface area contributed by atoms with E-state index in [1.165, 1.54) is 27.8 Å². The molecule has 1 aliphatic carbocycles. The highest BCUT2D eigenvalue weighted by molar-refractivity contribution is 5.82. The van der Waals surface area contributed by atoms with E-state index in [0.29, 0.717) is 6.42 Å². The Hall–Kier alpha value is -1.89. The number of hydrogen-bond donors (Lipinski definition) is 0. The Morgan fingerprint density at radius 2 is 1.82 bits per heavy atom. The quantitative estimate of drug-likeness (QED) is 0.649. The molecule has 0 spiro atoms. The first-order valence-corrected chi connectivity index (χ1v) is 5.94. The van der Waals surface area contributed by atoms with E-state index in [9.17, 15) is 4.79 Å². The van der Waals surface area contributed by atoms with Crippen molar-refractivity contribution in [2.45, 2.75) is 19.8 Å². The molecule has 0 atom stereocenters. The summed E-state index contributed by atoms with van der Waals surface area (Å²) in [6, 6.07) is 14.8. The summed E-state index contributed by atoms with van der Waals surface area (Å²) in [5.74, 6) is 0.231. The molecule has 0 amide bonds. The predicted octanol–water partition coefficient (Wildman–Crippen LogP) is 3.39. The Labute approximate surface area is 101 Å². The summed E-state index contributed by atoms with van der Waals surface area (Å²) in [5, 5.41) is 0. The Morgan fingerprint density at radius 1 is 1.06 bits per heavy atom. The van der Waals surface area contributed by atoms with Crippen LogP contribution in [0.3, 0.4) is 0 Å². The van der Waals surface area contributed by atoms with Gasteiger partial charge in [-0.3, -0.25) is 4.79 Å². The van der Waals surface area contributed by atoms with Crippen molar-refractivity contribution < 1.29 is 4.79 Å². The molecule has 0 radical (unpaired) electrons. The molecule has 1 heteroatoms. The van der Waals surface area contributed by atoms with Crippen LogP contribution in [-0.4, -0.2) is 5.78 Å². The van der Waals surface area contributed by atoms with E-state index < -0.39 is 0 Å². The van der Waals surface area contributed by atoms with E-state index in [0.717, 1.165) is 6.42 Å². The molecule has 0 bridgehead atoms. The molecule has 0 N–H and O–H groups in total. The van der Waals surface area contributed by atoms with Crippen molar-refractivity contribution in [3.63, 3.8) is 0 Å². The van der Waals surface area contributed by atoms with Crippen molar-refractivity contribution in [3.8, 4) is 11.1 Å². The van der Waals surface area contributed by atoms with Crippen molar-refractivity contribution in [1.82, 2.24) is 0 Å². The summed E-state index contributed by atoms with van der Waals surface area (Å²) in [5.41, 5.74) is 6.53. The Bertz CT molecular complexity index is 596. The monoisotopic (exact) mass is 222 g/mol. The molecular weight excluding hydrogens is 208 g/mol. The second-order valence-electron chi connectivity index (χ2n) is 4.66. The zero-order chi connectivity index (χ0) is 11.8. The van der Waals surface area contributed by atoms with E-state index in [4.69, 9.17) is 0 Å². The van der Waals surface area contributed by atoms with Gasteiger partial charge in [0.25, 0.3) is 0 Å². The average molecular weight is 222 g/mol. The van der Waals surface area contributed by atoms with E-state index in [1.807, 2.05) is 0 Å². The SMILES string of the molecule is CC(=O)Cc1cccc2c1Cc1ccccc1-2. The Morgan fingerprint density at radius 3 is 2.65 bits per heavy atom. The fraction of sp³-hybridized carbons (Fsp3) is 0.188. The molecule has 0 aliphatic heterocycles. The van der Waals surface area contributed by atoms with Crippen LogP contribution in [0.2, 0.25) is 0 Å². The lowest BCUT2D eigenvalue weighted by molar-refractivity contribution is -0.116. The molecule has 2 aromatic carbocycles. The third kappa shape index (κ3) is 1.68. The minimum absolute atomic E-state index is 0.231. The van der Waals surface area contributed by atoms with Gasteiger partial charge in [-0.2, -0.15) is 0 Å². The molecule has 0 saturated heterocycles. The van der Waals surface area contributed by atoms with Crippen molar-refractivity contribution in [2.24, 2.45) is 0 Å². The molecule has 1 nitrogen and oxygen atoms in total. The van der Waals surface area contributed by atoms with Crippen LogP contribution in [0.5, 0.6) is 0 Å². The molecule has 3 rings (SSSR count). The molecular formula is C16H14O. The minimum atomic E-state index is 0.231. The van der Waals surface area contributed by atoms with Gasteiger partial charge in [0, 0.05) is 6.42 Å². The van der Waals surface area contributed by atoms with Crippen molar-refractivity contribution in [3.05, 3.63) is 59.2 Å². The van der Waals surface area contributed by atoms with Gasteiger partial charge in [-0.1, -0.05) is 42.5 Å². The van der Waals surface area contributed by atoms with E-state index in [2.05, 4.69) is 42.5 Å². The highest BCUT2D eigenvalue weighted by Crippen LogP contribution is 2.38. The number of carbonyl (C=O) groups excluding carboxylic acids is 1. The summed E-state index contributed by atoms with van der Waals surface area (Å²) < 4.78 is 0. The van der Waals surface area contributed by atoms with Crippen LogP contribution in [-0.2, 0) is 17.6 Å². The number of benzene rings is 2. The Balaban J connectivity index is 2.14. The summed E-state index contributed by atoms with van der Waals surface area (Å²) >= 11 is 0. The van der Waals surface area contributed by atoms with Gasteiger partial charge in [-0.05, 0) is 41.2 Å². The number of hydrogen-bond acceptors (Lipinski definition) is 1. The molecule has 0 saturated carbocycles. The summed E-state index contributed by atoms with van der Waals surface area (Å²) in [6.45, 7) is 1.65. The molecule has 17 heavy (non-hydrogen) atoms. The van der Waals surface area contributed by atoms with Crippen molar-refractivity contribution in [1.29, 1.82) is 0 Å². The van der Waals surface area contributed by atoms with E-state index in [1.54, 1.807) is 6.92 Å². The second-order valence-corrected chi connectivity index (χ2v) is 4.66. The molecule has 84 valence electrons. The van der Waals surface area contributed by atoms with Gasteiger partial charge >= 0.3 is 0 Å². The number of ketones is 1. The standard InChI is InChI=1S/C16H14O/c1-11(17)9-12-6-4-8-15-14-7-3-2-5-13(14)10-16(12)15/h2-8H,9-10H2,1H3. The van der Waals surface area contributed by atoms with Crippen LogP contribution in [0.15, 0.2) is 42.5 Å². The van der Waals surface area contributed by atoms with E-state index >= 15 is 0 Å². The van der Waals surface area contributed by atoms with Crippen LogP contribution in [0.4, 0.5) is 0 Å². The van der Waals surface area contributed by atoms with Gasteiger partial charge in [0.15, 0.2) is 0 Å². The number of fused-ring (bicyclic) bond motifs is 3. The fourth-order valence-electron chi connectivity index (χ4n) is 2.66. The van der Waals surface area contributed by atoms with Crippen LogP contribution >= 0.6 is 0 Å². The van der Waals surface area contributed by atoms with Crippen LogP contribution in [0.1, 0.15) is 23.6 Å². The number of carbonyl (C=O) groups is 1. The smallest absolute Gasteiger partial charge is 0.134 e. The summed E-state index contributed by atoms with van der Waals surface area (Å²) in [7, 11) is 0. The maximum absolute atomic E-state index is 11.3. The van der Waals surface area contributed by atoms with Gasteiger partial charge in [0.05, 0.1) is 0 Å². The topological polar surface area (TPSA) is 17.1 Å². The van der Waals surface area contributed by atoms with Gasteiger partial charge in [0.2, 0.25) is 0 Å². The van der Waals surface area contributed by atoms with Crippen molar-refractivity contribution >= 4 is 5.78 Å². The van der Waals surface area contributed by atoms with Gasteiger partial charge in [0.1, 0.15) is 5.78 Å². The maximum atomic E-state index is 11.3. The van der Waals surface area contributed by atoms with Crippen LogP contribution in [0, 0.1) is 0 Å². The third-order valence-electron chi connectivity index (χ3n) is 3.39. The van der Waals surface area contributed by atoms with E-state index in [-0.39, 0.29) is 5.78 Å². The van der Waals surface area contributed by atoms with Crippen LogP contribution in [0.25, 0.3) is 11.1 Å². The van der Waals surface area contributed by atoms with Crippen molar-refractivity contribution in [2.75, 3.05) is 0 Å². The zero-order valence-corrected chi connectivity index (χ0v) is 9.86. The minimum Gasteiger partial charge on any atom is -0.300 e. The summed E-state index contributed by atoms with van der Waals surface area (Å²) in [6.07, 6.45) is 1.52. The Kier molecular flexibility index (Phi) is 2.32. The van der Waals surface area contributed by atoms with Crippen LogP contribution < -0.4 is 0 Å². The van der Waals surface area contributed by atoms with Gasteiger partial charge in [-0.25, -0.2) is 0 Å². The molecule has 2 aromatic rings. The van der Waals surface area contributed by atoms with Gasteiger partial charge < -0.3 is 0 Å². The lowest BCUT2D eigenvalue weighted by Gasteiger charge is -2.06. The highest BCUT2D eigenvalue weighted by Gasteiger charge is 2.20. The summed E-state index contributed by atoms with van der Waals surface area (Å²) in [4.78, 5) is 11.3. The second kappa shape index (κ2) is 3.85. The average Bonchev–Trinajstić information content (AvgIpc) is 2.68. The molecule has 1 aliphatic rings. The molecule has 0 heterocycles. The number of Topliss-reactive ketones (excluding diaryl/α,β-unsaturated/α-hetero) is 1. The molecule has 0 aromatic heterocycles. The normalized spacial score (nSPS) is 12.1. The highest BCUT2D eigenvalue weighted by atomic mass is 16.1. The lowest BCUT2D eigenvalue weighted by atomic mass is 9.98. The predicted molar refractivity (Wildman–Crippen MR) is 69.1 cm³/mol. The lowest BCUT2D eigenvalue weighted by Crippen LogP contribution is -2.00. The zero-order valence-electron chi connectivity index (χ0n) is 9.86. The first-order chi connectivity index (χ1) is 8.25. The van der Waals surface area contributed by atoms with Gasteiger partial charge in [-0.15, -0.1) is 0 Å². The first-order valence-electron chi connectivity index (χ1n) is 5.94. The maximum Gasteiger partial charge on any atom is 0.134 e. The molecule has 0 unspecified atom stereocenters. The molecule has 0 fully saturated rings. The third-order valence-corrected chi connectivity index (χ3v) is 3.39. The fourth-order valence-corrected chi connectivity index (χ4v) is 2.66.